The third-order valence-corrected chi connectivity index (χ3v) is 6.83. The highest BCUT2D eigenvalue weighted by molar-refractivity contribution is 6.03. The number of nitrogens with zero attached hydrogens (tertiary/aromatic N) is 3. The summed E-state index contributed by atoms with van der Waals surface area (Å²) < 4.78 is 39.9. The summed E-state index contributed by atoms with van der Waals surface area (Å²) in [6, 6.07) is 15.6. The molecule has 0 bridgehead atoms. The Morgan fingerprint density at radius 3 is 2.70 bits per heavy atom. The number of pyridine rings is 1. The van der Waals surface area contributed by atoms with Gasteiger partial charge in [0.15, 0.2) is 5.82 Å². The molecular formula is C27H28F3N5O2. The number of hydrogen-bond donors (Lipinski definition) is 3. The molecule has 3 heterocycles. The van der Waals surface area contributed by atoms with E-state index < -0.39 is 17.8 Å². The van der Waals surface area contributed by atoms with E-state index in [9.17, 15) is 23.1 Å². The normalized spacial score (nSPS) is 17.9. The van der Waals surface area contributed by atoms with Crippen LogP contribution in [0.25, 0.3) is 11.3 Å². The summed E-state index contributed by atoms with van der Waals surface area (Å²) in [7, 11) is 0. The lowest BCUT2D eigenvalue weighted by Crippen LogP contribution is -2.36. The first-order valence-electron chi connectivity index (χ1n) is 12.3. The fraction of sp³-hybridized carbons (Fsp3) is 0.333. The zero-order chi connectivity index (χ0) is 26.0. The number of amides is 2. The number of aliphatic hydroxyl groups is 1. The van der Waals surface area contributed by atoms with E-state index in [2.05, 4.69) is 21.7 Å². The number of alkyl halides is 3. The summed E-state index contributed by atoms with van der Waals surface area (Å²) in [6.45, 7) is 2.43. The lowest BCUT2D eigenvalue weighted by atomic mass is 9.98. The Labute approximate surface area is 212 Å². The second-order valence-electron chi connectivity index (χ2n) is 9.27. The number of anilines is 3. The molecule has 0 radical (unpaired) electrons. The molecule has 2 aromatic carbocycles. The van der Waals surface area contributed by atoms with Crippen LogP contribution in [-0.2, 0) is 6.18 Å². The Hall–Kier alpha value is -3.63. The zero-order valence-electron chi connectivity index (χ0n) is 20.1. The summed E-state index contributed by atoms with van der Waals surface area (Å²) in [5.41, 5.74) is 2.17. The minimum atomic E-state index is -4.48. The smallest absolute Gasteiger partial charge is 0.376 e. The second kappa shape index (κ2) is 10.4. The number of carbonyl (C=O) groups excluding carboxylic acids is 1. The first kappa shape index (κ1) is 25.0. The van der Waals surface area contributed by atoms with Gasteiger partial charge in [-0.1, -0.05) is 24.3 Å². The van der Waals surface area contributed by atoms with E-state index in [4.69, 9.17) is 0 Å². The van der Waals surface area contributed by atoms with E-state index >= 15 is 0 Å². The molecule has 10 heteroatoms. The summed E-state index contributed by atoms with van der Waals surface area (Å²) in [5.74, 6) is 0.681. The Morgan fingerprint density at radius 1 is 1.11 bits per heavy atom. The van der Waals surface area contributed by atoms with Crippen molar-refractivity contribution in [3.05, 3.63) is 71.8 Å². The van der Waals surface area contributed by atoms with Gasteiger partial charge < -0.3 is 20.6 Å². The molecule has 1 atom stereocenters. The van der Waals surface area contributed by atoms with Crippen molar-refractivity contribution >= 4 is 23.2 Å². The maximum absolute atomic E-state index is 13.5. The molecule has 2 aliphatic rings. The summed E-state index contributed by atoms with van der Waals surface area (Å²) >= 11 is 0. The van der Waals surface area contributed by atoms with Crippen LogP contribution in [0, 0.1) is 0 Å². The number of benzene rings is 2. The molecule has 1 fully saturated rings. The number of carbonyl (C=O) groups is 1. The molecule has 0 saturated carbocycles. The Morgan fingerprint density at radius 2 is 1.95 bits per heavy atom. The summed E-state index contributed by atoms with van der Waals surface area (Å²) in [4.78, 5) is 21.3. The van der Waals surface area contributed by atoms with Gasteiger partial charge >= 0.3 is 12.2 Å². The number of aliphatic hydroxyl groups excluding tert-OH is 1. The van der Waals surface area contributed by atoms with E-state index in [1.54, 1.807) is 23.1 Å². The Kier molecular flexibility index (Phi) is 7.03. The van der Waals surface area contributed by atoms with Crippen LogP contribution in [0.1, 0.15) is 29.9 Å². The van der Waals surface area contributed by atoms with Gasteiger partial charge in [0.05, 0.1) is 16.9 Å². The lowest BCUT2D eigenvalue weighted by molar-refractivity contribution is -0.137. The van der Waals surface area contributed by atoms with Crippen molar-refractivity contribution in [2.24, 2.45) is 0 Å². The number of halogens is 3. The molecule has 2 aliphatic heterocycles. The van der Waals surface area contributed by atoms with E-state index in [0.717, 1.165) is 37.2 Å². The van der Waals surface area contributed by atoms with Gasteiger partial charge in [0.2, 0.25) is 0 Å². The third kappa shape index (κ3) is 5.40. The molecule has 2 amide bonds. The number of hydrogen-bond acceptors (Lipinski definition) is 5. The average Bonchev–Trinajstić information content (AvgIpc) is 3.37. The number of urea groups is 1. The molecule has 1 unspecified atom stereocenters. The van der Waals surface area contributed by atoms with Crippen molar-refractivity contribution in [2.75, 3.05) is 48.0 Å². The topological polar surface area (TPSA) is 80.7 Å². The van der Waals surface area contributed by atoms with Crippen molar-refractivity contribution in [3.63, 3.8) is 0 Å². The highest BCUT2D eigenvalue weighted by Gasteiger charge is 2.31. The van der Waals surface area contributed by atoms with Gasteiger partial charge in [0, 0.05) is 30.9 Å². The number of fused-ring (bicyclic) bond motifs is 1. The maximum Gasteiger partial charge on any atom is 0.416 e. The molecular weight excluding hydrogens is 483 g/mol. The van der Waals surface area contributed by atoms with Gasteiger partial charge in [-0.25, -0.2) is 9.78 Å². The molecule has 7 nitrogen and oxygen atoms in total. The fourth-order valence-corrected chi connectivity index (χ4v) is 4.89. The van der Waals surface area contributed by atoms with Gasteiger partial charge in [0.25, 0.3) is 0 Å². The largest absolute Gasteiger partial charge is 0.416 e. The monoisotopic (exact) mass is 511 g/mol. The van der Waals surface area contributed by atoms with Gasteiger partial charge in [-0.2, -0.15) is 13.2 Å². The highest BCUT2D eigenvalue weighted by atomic mass is 19.4. The van der Waals surface area contributed by atoms with E-state index in [-0.39, 0.29) is 18.1 Å². The van der Waals surface area contributed by atoms with Crippen molar-refractivity contribution < 1.29 is 23.1 Å². The van der Waals surface area contributed by atoms with Crippen LogP contribution in [-0.4, -0.2) is 49.0 Å². The lowest BCUT2D eigenvalue weighted by Gasteiger charge is -2.25. The Balaban J connectivity index is 1.47. The van der Waals surface area contributed by atoms with Crippen LogP contribution in [0.5, 0.6) is 0 Å². The number of rotatable bonds is 4. The van der Waals surface area contributed by atoms with Crippen LogP contribution in [0.4, 0.5) is 35.2 Å². The minimum Gasteiger partial charge on any atom is -0.376 e. The molecule has 3 aromatic rings. The van der Waals surface area contributed by atoms with Crippen molar-refractivity contribution in [3.8, 4) is 11.3 Å². The van der Waals surface area contributed by atoms with Crippen LogP contribution in [0.3, 0.4) is 0 Å². The first-order valence-corrected chi connectivity index (χ1v) is 12.3. The van der Waals surface area contributed by atoms with E-state index in [0.29, 0.717) is 42.5 Å². The van der Waals surface area contributed by atoms with Crippen LogP contribution in [0.2, 0.25) is 0 Å². The van der Waals surface area contributed by atoms with Gasteiger partial charge in [-0.05, 0) is 67.3 Å². The molecule has 1 saturated heterocycles. The number of aromatic nitrogens is 1. The third-order valence-electron chi connectivity index (χ3n) is 6.83. The van der Waals surface area contributed by atoms with E-state index in [1.807, 2.05) is 18.2 Å². The molecule has 3 N–H and O–H groups in total. The summed E-state index contributed by atoms with van der Waals surface area (Å²) in [6.07, 6.45) is -2.86. The number of nitrogens with one attached hydrogen (secondary N) is 2. The average molecular weight is 512 g/mol. The molecule has 1 aromatic heterocycles. The van der Waals surface area contributed by atoms with Crippen LogP contribution >= 0.6 is 0 Å². The first-order chi connectivity index (χ1) is 17.8. The van der Waals surface area contributed by atoms with Crippen molar-refractivity contribution in [2.45, 2.75) is 24.9 Å². The van der Waals surface area contributed by atoms with Crippen LogP contribution < -0.4 is 20.4 Å². The predicted octanol–water partition coefficient (Wildman–Crippen LogP) is 5.04. The molecule has 0 spiro atoms. The SMILES string of the molecule is O=C(Nc1cccc(C2CCNC2)c1)N1CCCN(CO)c2ccc(-c3cccc(C(F)(F)F)c3)nc21. The second-order valence-corrected chi connectivity index (χ2v) is 9.27. The molecule has 37 heavy (non-hydrogen) atoms. The molecule has 194 valence electrons. The van der Waals surface area contributed by atoms with Crippen molar-refractivity contribution in [1.82, 2.24) is 10.3 Å². The maximum atomic E-state index is 13.5. The zero-order valence-corrected chi connectivity index (χ0v) is 20.1. The van der Waals surface area contributed by atoms with Crippen LogP contribution in [0.15, 0.2) is 60.7 Å². The standard InChI is InChI=1S/C27H28F3N5O2/c28-27(29,30)21-6-1-5-19(14-21)23-8-9-24-25(33-23)35(13-3-12-34(24)17-36)26(37)32-22-7-2-4-18(15-22)20-10-11-31-16-20/h1-2,4-9,14-15,20,31,36H,3,10-13,16-17H2,(H,32,37). The fourth-order valence-electron chi connectivity index (χ4n) is 4.89. The highest BCUT2D eigenvalue weighted by Crippen LogP contribution is 2.36. The molecule has 5 rings (SSSR count). The predicted molar refractivity (Wildman–Crippen MR) is 137 cm³/mol. The minimum absolute atomic E-state index is 0.273. The Bertz CT molecular complexity index is 1280. The summed E-state index contributed by atoms with van der Waals surface area (Å²) in [5, 5.41) is 16.2. The van der Waals surface area contributed by atoms with Gasteiger partial charge in [-0.3, -0.25) is 4.90 Å². The van der Waals surface area contributed by atoms with Crippen molar-refractivity contribution in [1.29, 1.82) is 0 Å². The van der Waals surface area contributed by atoms with Gasteiger partial charge in [0.1, 0.15) is 6.73 Å². The van der Waals surface area contributed by atoms with Gasteiger partial charge in [-0.15, -0.1) is 0 Å². The quantitative estimate of drug-likeness (QED) is 0.457. The van der Waals surface area contributed by atoms with E-state index in [1.165, 1.54) is 11.0 Å². The molecule has 0 aliphatic carbocycles.